The van der Waals surface area contributed by atoms with E-state index in [1.165, 1.54) is 24.3 Å². The van der Waals surface area contributed by atoms with Gasteiger partial charge in [0.05, 0.1) is 6.61 Å². The van der Waals surface area contributed by atoms with Gasteiger partial charge in [-0.3, -0.25) is 0 Å². The van der Waals surface area contributed by atoms with Crippen LogP contribution in [0.2, 0.25) is 0 Å². The quantitative estimate of drug-likeness (QED) is 0.581. The van der Waals surface area contributed by atoms with E-state index < -0.39 is 11.9 Å². The van der Waals surface area contributed by atoms with Crippen LogP contribution in [-0.4, -0.2) is 12.6 Å². The Bertz CT molecular complexity index is 372. The van der Waals surface area contributed by atoms with Crippen LogP contribution < -0.4 is 0 Å². The maximum Gasteiger partial charge on any atom is 0.330 e. The molecule has 1 atom stereocenters. The molecule has 0 fully saturated rings. The Hall–Kier alpha value is -1.71. The number of allylic oxidation sites excluding steroid dienone is 1. The lowest BCUT2D eigenvalue weighted by Gasteiger charge is -2.11. The maximum atomic E-state index is 13.5. The van der Waals surface area contributed by atoms with Gasteiger partial charge in [0.1, 0.15) is 0 Å². The largest absolute Gasteiger partial charge is 0.463 e. The normalized spacial score (nSPS) is 14.7. The van der Waals surface area contributed by atoms with Crippen molar-refractivity contribution in [2.24, 2.45) is 0 Å². The highest BCUT2D eigenvalue weighted by Crippen LogP contribution is 2.28. The highest BCUT2D eigenvalue weighted by molar-refractivity contribution is 5.82. The molecule has 1 aromatic carbocycles. The lowest BCUT2D eigenvalue weighted by Crippen LogP contribution is -2.10. The molecule has 0 aromatic heterocycles. The Balaban J connectivity index is 2.76. The number of esters is 1. The highest BCUT2D eigenvalue weighted by atomic mass is 19.2. The third-order valence-electron chi connectivity index (χ3n) is 1.87. The van der Waals surface area contributed by atoms with Crippen molar-refractivity contribution >= 4 is 5.97 Å². The molecule has 1 aromatic rings. The molecule has 1 rings (SSSR count). The fourth-order valence-corrected chi connectivity index (χ4v) is 1.12. The molecule has 0 saturated carbocycles. The molecule has 0 heterocycles. The van der Waals surface area contributed by atoms with Gasteiger partial charge in [-0.05, 0) is 13.0 Å². The van der Waals surface area contributed by atoms with Gasteiger partial charge in [-0.1, -0.05) is 30.3 Å². The number of carbonyl (C=O) groups excluding carboxylic acids is 1. The lowest BCUT2D eigenvalue weighted by atomic mass is 10.1. The maximum absolute atomic E-state index is 13.5. The molecule has 0 bridgehead atoms. The van der Waals surface area contributed by atoms with Crippen LogP contribution >= 0.6 is 0 Å². The second kappa shape index (κ2) is 5.39. The van der Waals surface area contributed by atoms with Crippen molar-refractivity contribution in [3.8, 4) is 0 Å². The fourth-order valence-electron chi connectivity index (χ4n) is 1.12. The van der Waals surface area contributed by atoms with E-state index in [2.05, 4.69) is 4.74 Å². The number of halogens is 2. The molecule has 0 aliphatic carbocycles. The molecule has 16 heavy (non-hydrogen) atoms. The molecular formula is C12H12F2O2. The first-order valence-electron chi connectivity index (χ1n) is 4.85. The summed E-state index contributed by atoms with van der Waals surface area (Å²) >= 11 is 0. The Kier molecular flexibility index (Phi) is 4.17. The van der Waals surface area contributed by atoms with Crippen LogP contribution in [0.5, 0.6) is 0 Å². The van der Waals surface area contributed by atoms with E-state index in [0.717, 1.165) is 6.08 Å². The average molecular weight is 225 g/mol. The van der Waals surface area contributed by atoms with E-state index >= 15 is 0 Å². The second-order valence-electron chi connectivity index (χ2n) is 3.07. The molecule has 0 N–H and O–H groups in total. The van der Waals surface area contributed by atoms with Crippen LogP contribution in [0.1, 0.15) is 12.5 Å². The Morgan fingerprint density at radius 3 is 2.56 bits per heavy atom. The SMILES string of the molecule is CCOC(=O)/C=C/C(F)([18F])c1ccccc1. The number of carbonyl (C=O) groups is 1. The zero-order valence-corrected chi connectivity index (χ0v) is 8.82. The van der Waals surface area contributed by atoms with Gasteiger partial charge in [-0.15, -0.1) is 0 Å². The summed E-state index contributed by atoms with van der Waals surface area (Å²) in [7, 11) is 0. The van der Waals surface area contributed by atoms with Gasteiger partial charge < -0.3 is 4.74 Å². The first-order valence-corrected chi connectivity index (χ1v) is 4.85. The van der Waals surface area contributed by atoms with Crippen LogP contribution in [-0.2, 0) is 15.5 Å². The summed E-state index contributed by atoms with van der Waals surface area (Å²) in [6.07, 6.45) is 1.29. The number of rotatable bonds is 4. The van der Waals surface area contributed by atoms with Crippen LogP contribution in [0.3, 0.4) is 0 Å². The van der Waals surface area contributed by atoms with Crippen molar-refractivity contribution in [1.82, 2.24) is 0 Å². The third kappa shape index (κ3) is 3.46. The van der Waals surface area contributed by atoms with Crippen molar-refractivity contribution in [3.63, 3.8) is 0 Å². The molecule has 0 aliphatic rings. The smallest absolute Gasteiger partial charge is 0.330 e. The molecule has 4 heteroatoms. The zero-order valence-electron chi connectivity index (χ0n) is 8.82. The van der Waals surface area contributed by atoms with Gasteiger partial charge in [0.25, 0.3) is 5.92 Å². The van der Waals surface area contributed by atoms with Crippen molar-refractivity contribution in [2.45, 2.75) is 12.8 Å². The van der Waals surface area contributed by atoms with E-state index in [0.29, 0.717) is 6.08 Å². The Labute approximate surface area is 92.5 Å². The molecule has 0 saturated heterocycles. The van der Waals surface area contributed by atoms with E-state index in [9.17, 15) is 13.6 Å². The van der Waals surface area contributed by atoms with Gasteiger partial charge in [-0.25, -0.2) is 4.79 Å². The van der Waals surface area contributed by atoms with E-state index in [4.69, 9.17) is 0 Å². The van der Waals surface area contributed by atoms with Gasteiger partial charge >= 0.3 is 5.97 Å². The third-order valence-corrected chi connectivity index (χ3v) is 1.87. The average Bonchev–Trinajstić information content (AvgIpc) is 2.28. The second-order valence-corrected chi connectivity index (χ2v) is 3.07. The monoisotopic (exact) mass is 225 g/mol. The van der Waals surface area contributed by atoms with Gasteiger partial charge in [0.15, 0.2) is 0 Å². The minimum absolute atomic E-state index is 0.157. The summed E-state index contributed by atoms with van der Waals surface area (Å²) in [6.45, 7) is 1.78. The van der Waals surface area contributed by atoms with Crippen molar-refractivity contribution in [3.05, 3.63) is 48.0 Å². The molecule has 2 nitrogen and oxygen atoms in total. The molecule has 0 radical (unpaired) electrons. The minimum Gasteiger partial charge on any atom is -0.463 e. The summed E-state index contributed by atoms with van der Waals surface area (Å²) in [5.74, 6) is -3.92. The van der Waals surface area contributed by atoms with Gasteiger partial charge in [0, 0.05) is 11.6 Å². The molecule has 86 valence electrons. The van der Waals surface area contributed by atoms with Crippen LogP contribution in [0, 0.1) is 0 Å². The lowest BCUT2D eigenvalue weighted by molar-refractivity contribution is -0.137. The van der Waals surface area contributed by atoms with Crippen molar-refractivity contribution in [1.29, 1.82) is 0 Å². The summed E-state index contributed by atoms with van der Waals surface area (Å²) in [5.41, 5.74) is -0.157. The number of hydrogen-bond donors (Lipinski definition) is 0. The first kappa shape index (κ1) is 12.4. The minimum atomic E-state index is -3.16. The van der Waals surface area contributed by atoms with Crippen LogP contribution in [0.15, 0.2) is 42.5 Å². The summed E-state index contributed by atoms with van der Waals surface area (Å²) < 4.78 is 31.4. The predicted molar refractivity (Wildman–Crippen MR) is 56.1 cm³/mol. The number of alkyl halides is 2. The van der Waals surface area contributed by atoms with Gasteiger partial charge in [-0.2, -0.15) is 8.78 Å². The molecule has 0 amide bonds. The highest BCUT2D eigenvalue weighted by Gasteiger charge is 2.27. The fraction of sp³-hybridized carbons (Fsp3) is 0.250. The molecular weight excluding hydrogens is 213 g/mol. The topological polar surface area (TPSA) is 26.3 Å². The first-order chi connectivity index (χ1) is 7.56. The van der Waals surface area contributed by atoms with Crippen LogP contribution in [0.25, 0.3) is 0 Å². The van der Waals surface area contributed by atoms with E-state index in [-0.39, 0.29) is 12.2 Å². The summed E-state index contributed by atoms with van der Waals surface area (Å²) in [6, 6.07) is 7.28. The molecule has 1 unspecified atom stereocenters. The predicted octanol–water partition coefficient (Wildman–Crippen LogP) is 2.90. The number of ether oxygens (including phenoxy) is 1. The van der Waals surface area contributed by atoms with E-state index in [1.807, 2.05) is 0 Å². The zero-order chi connectivity index (χ0) is 12.0. The van der Waals surface area contributed by atoms with Crippen molar-refractivity contribution in [2.75, 3.05) is 6.61 Å². The molecule has 0 spiro atoms. The Morgan fingerprint density at radius 2 is 2.00 bits per heavy atom. The van der Waals surface area contributed by atoms with Crippen molar-refractivity contribution < 1.29 is 18.3 Å². The summed E-state index contributed by atoms with van der Waals surface area (Å²) in [4.78, 5) is 10.9. The molecule has 0 aliphatic heterocycles. The van der Waals surface area contributed by atoms with Crippen LogP contribution in [0.4, 0.5) is 8.78 Å². The van der Waals surface area contributed by atoms with E-state index in [1.54, 1.807) is 13.0 Å². The Morgan fingerprint density at radius 1 is 1.38 bits per heavy atom. The summed E-state index contributed by atoms with van der Waals surface area (Å²) in [5, 5.41) is 0. The standard InChI is InChI=1S/C12H12F2O2/c1-2-16-11(15)8-9-12(13,14)10-6-4-3-5-7-10/h3-9H,2H2,1H3/b9-8+/i13-1. The number of hydrogen-bond acceptors (Lipinski definition) is 2. The van der Waals surface area contributed by atoms with Gasteiger partial charge in [0.2, 0.25) is 0 Å². The number of benzene rings is 1.